The van der Waals surface area contributed by atoms with Gasteiger partial charge in [0.25, 0.3) is 5.56 Å². The molecule has 8 nitrogen and oxygen atoms in total. The van der Waals surface area contributed by atoms with Crippen molar-refractivity contribution in [3.63, 3.8) is 0 Å². The zero-order valence-corrected chi connectivity index (χ0v) is 15.5. The molecule has 1 aliphatic rings. The molecule has 0 bridgehead atoms. The first-order chi connectivity index (χ1) is 12.2. The fraction of sp³-hybridized carbons (Fsp3) is 0.471. The number of piperidine rings is 1. The van der Waals surface area contributed by atoms with Crippen molar-refractivity contribution >= 4 is 21.6 Å². The first kappa shape index (κ1) is 18.5. The molecule has 9 heteroatoms. The van der Waals surface area contributed by atoms with Crippen LogP contribution in [0.15, 0.2) is 29.2 Å². The van der Waals surface area contributed by atoms with E-state index in [0.29, 0.717) is 37.3 Å². The largest absolute Gasteiger partial charge is 0.459 e. The Kier molecular flexibility index (Phi) is 5.10. The van der Waals surface area contributed by atoms with Crippen LogP contribution in [-0.2, 0) is 26.2 Å². The number of aromatic nitrogens is 2. The van der Waals surface area contributed by atoms with Crippen molar-refractivity contribution in [1.82, 2.24) is 13.7 Å². The second-order valence-corrected chi connectivity index (χ2v) is 8.54. The van der Waals surface area contributed by atoms with Gasteiger partial charge in [-0.2, -0.15) is 0 Å². The Morgan fingerprint density at radius 2 is 2.00 bits per heavy atom. The van der Waals surface area contributed by atoms with Crippen molar-refractivity contribution in [2.45, 2.75) is 26.4 Å². The minimum absolute atomic E-state index is 0.0786. The average molecular weight is 379 g/mol. The first-order valence-electron chi connectivity index (χ1n) is 8.35. The molecular weight excluding hydrogens is 358 g/mol. The van der Waals surface area contributed by atoms with Crippen LogP contribution in [0.2, 0.25) is 0 Å². The fourth-order valence-electron chi connectivity index (χ4n) is 3.01. The van der Waals surface area contributed by atoms with E-state index in [0.717, 1.165) is 11.8 Å². The van der Waals surface area contributed by atoms with Crippen LogP contribution in [-0.4, -0.2) is 47.4 Å². The molecular formula is C17H21N3O5S. The van der Waals surface area contributed by atoms with Gasteiger partial charge in [0, 0.05) is 25.4 Å². The van der Waals surface area contributed by atoms with Gasteiger partial charge < -0.3 is 4.74 Å². The minimum atomic E-state index is -3.23. The van der Waals surface area contributed by atoms with Crippen molar-refractivity contribution in [2.75, 3.05) is 19.3 Å². The van der Waals surface area contributed by atoms with Crippen molar-refractivity contribution < 1.29 is 17.9 Å². The molecule has 0 N–H and O–H groups in total. The molecule has 1 fully saturated rings. The van der Waals surface area contributed by atoms with Gasteiger partial charge in [-0.15, -0.1) is 0 Å². The van der Waals surface area contributed by atoms with E-state index in [4.69, 9.17) is 4.74 Å². The number of rotatable bonds is 4. The van der Waals surface area contributed by atoms with Gasteiger partial charge in [0.05, 0.1) is 17.9 Å². The predicted octanol–water partition coefficient (Wildman–Crippen LogP) is 0.718. The van der Waals surface area contributed by atoms with Crippen molar-refractivity contribution in [1.29, 1.82) is 0 Å². The van der Waals surface area contributed by atoms with Crippen LogP contribution in [0.3, 0.4) is 0 Å². The van der Waals surface area contributed by atoms with E-state index in [2.05, 4.69) is 4.98 Å². The molecule has 26 heavy (non-hydrogen) atoms. The van der Waals surface area contributed by atoms with Crippen LogP contribution >= 0.6 is 0 Å². The Labute approximate surface area is 151 Å². The molecule has 140 valence electrons. The van der Waals surface area contributed by atoms with Crippen LogP contribution in [0.5, 0.6) is 0 Å². The molecule has 0 radical (unpaired) electrons. The van der Waals surface area contributed by atoms with Gasteiger partial charge in [0.1, 0.15) is 12.3 Å². The van der Waals surface area contributed by atoms with Crippen LogP contribution in [0.1, 0.15) is 24.1 Å². The van der Waals surface area contributed by atoms with Crippen LogP contribution < -0.4 is 5.56 Å². The molecule has 3 rings (SSSR count). The number of pyridine rings is 1. The van der Waals surface area contributed by atoms with E-state index in [-0.39, 0.29) is 24.1 Å². The normalized spacial score (nSPS) is 16.7. The SMILES string of the molecule is Cc1ccn2c(=O)cc(COC(=O)C3CCN(S(C)(=O)=O)CC3)nc2c1. The summed E-state index contributed by atoms with van der Waals surface area (Å²) in [5.74, 6) is -0.721. The third-order valence-corrected chi connectivity index (χ3v) is 5.80. The Hall–Kier alpha value is -2.26. The summed E-state index contributed by atoms with van der Waals surface area (Å²) in [6.45, 7) is 2.45. The summed E-state index contributed by atoms with van der Waals surface area (Å²) in [6.07, 6.45) is 3.68. The molecule has 3 heterocycles. The average Bonchev–Trinajstić information content (AvgIpc) is 2.58. The van der Waals surface area contributed by atoms with Crippen LogP contribution in [0.25, 0.3) is 5.65 Å². The molecule has 0 aliphatic carbocycles. The van der Waals surface area contributed by atoms with E-state index in [9.17, 15) is 18.0 Å². The third kappa shape index (κ3) is 4.10. The molecule has 0 aromatic carbocycles. The number of aryl methyl sites for hydroxylation is 1. The van der Waals surface area contributed by atoms with E-state index < -0.39 is 10.0 Å². The summed E-state index contributed by atoms with van der Waals surface area (Å²) in [5, 5.41) is 0. The molecule has 2 aromatic rings. The smallest absolute Gasteiger partial charge is 0.309 e. The maximum atomic E-state index is 12.2. The van der Waals surface area contributed by atoms with Crippen molar-refractivity contribution in [2.24, 2.45) is 5.92 Å². The van der Waals surface area contributed by atoms with E-state index >= 15 is 0 Å². The van der Waals surface area contributed by atoms with E-state index in [1.54, 1.807) is 12.3 Å². The highest BCUT2D eigenvalue weighted by Gasteiger charge is 2.29. The molecule has 0 spiro atoms. The second-order valence-electron chi connectivity index (χ2n) is 6.56. The highest BCUT2D eigenvalue weighted by atomic mass is 32.2. The van der Waals surface area contributed by atoms with Crippen LogP contribution in [0, 0.1) is 12.8 Å². The van der Waals surface area contributed by atoms with Gasteiger partial charge in [-0.25, -0.2) is 17.7 Å². The summed E-state index contributed by atoms with van der Waals surface area (Å²) < 4.78 is 31.1. The lowest BCUT2D eigenvalue weighted by atomic mass is 9.98. The Morgan fingerprint density at radius 1 is 1.31 bits per heavy atom. The van der Waals surface area contributed by atoms with Gasteiger partial charge in [0.15, 0.2) is 0 Å². The van der Waals surface area contributed by atoms with E-state index in [1.165, 1.54) is 14.8 Å². The maximum absolute atomic E-state index is 12.2. The highest BCUT2D eigenvalue weighted by molar-refractivity contribution is 7.88. The quantitative estimate of drug-likeness (QED) is 0.726. The number of hydrogen-bond acceptors (Lipinski definition) is 6. The maximum Gasteiger partial charge on any atom is 0.309 e. The number of ether oxygens (including phenoxy) is 1. The molecule has 0 atom stereocenters. The topological polar surface area (TPSA) is 98.0 Å². The Bertz CT molecular complexity index is 991. The van der Waals surface area contributed by atoms with Gasteiger partial charge >= 0.3 is 5.97 Å². The summed E-state index contributed by atoms with van der Waals surface area (Å²) in [5.41, 5.74) is 1.64. The number of fused-ring (bicyclic) bond motifs is 1. The number of sulfonamides is 1. The van der Waals surface area contributed by atoms with Gasteiger partial charge in [0.2, 0.25) is 10.0 Å². The summed E-state index contributed by atoms with van der Waals surface area (Å²) in [4.78, 5) is 28.7. The molecule has 1 saturated heterocycles. The zero-order valence-electron chi connectivity index (χ0n) is 14.7. The Balaban J connectivity index is 1.63. The number of carbonyl (C=O) groups is 1. The zero-order chi connectivity index (χ0) is 18.9. The molecule has 0 amide bonds. The standard InChI is InChI=1S/C17H21N3O5S/c1-12-3-8-20-15(9-12)18-14(10-16(20)21)11-25-17(22)13-4-6-19(7-5-13)26(2,23)24/h3,8-10,13H,4-7,11H2,1-2H3. The molecule has 2 aromatic heterocycles. The van der Waals surface area contributed by atoms with Gasteiger partial charge in [-0.3, -0.25) is 14.0 Å². The predicted molar refractivity (Wildman–Crippen MR) is 95.1 cm³/mol. The molecule has 0 unspecified atom stereocenters. The first-order valence-corrected chi connectivity index (χ1v) is 10.2. The van der Waals surface area contributed by atoms with Crippen molar-refractivity contribution in [3.05, 3.63) is 46.0 Å². The Morgan fingerprint density at radius 3 is 2.65 bits per heavy atom. The highest BCUT2D eigenvalue weighted by Crippen LogP contribution is 2.20. The van der Waals surface area contributed by atoms with Crippen molar-refractivity contribution in [3.8, 4) is 0 Å². The van der Waals surface area contributed by atoms with Gasteiger partial charge in [-0.05, 0) is 37.5 Å². The number of esters is 1. The summed E-state index contributed by atoms with van der Waals surface area (Å²) in [6, 6.07) is 4.95. The lowest BCUT2D eigenvalue weighted by Crippen LogP contribution is -2.40. The second kappa shape index (κ2) is 7.16. The monoisotopic (exact) mass is 379 g/mol. The molecule has 1 aliphatic heterocycles. The third-order valence-electron chi connectivity index (χ3n) is 4.49. The minimum Gasteiger partial charge on any atom is -0.459 e. The summed E-state index contributed by atoms with van der Waals surface area (Å²) >= 11 is 0. The number of hydrogen-bond donors (Lipinski definition) is 0. The van der Waals surface area contributed by atoms with Gasteiger partial charge in [-0.1, -0.05) is 0 Å². The summed E-state index contributed by atoms with van der Waals surface area (Å²) in [7, 11) is -3.23. The van der Waals surface area contributed by atoms with E-state index in [1.807, 2.05) is 13.0 Å². The lowest BCUT2D eigenvalue weighted by Gasteiger charge is -2.28. The number of nitrogens with zero attached hydrogens (tertiary/aromatic N) is 3. The van der Waals surface area contributed by atoms with Crippen LogP contribution in [0.4, 0.5) is 0 Å². The molecule has 0 saturated carbocycles. The fourth-order valence-corrected chi connectivity index (χ4v) is 3.89. The lowest BCUT2D eigenvalue weighted by molar-refractivity contribution is -0.151. The number of carbonyl (C=O) groups excluding carboxylic acids is 1.